The van der Waals surface area contributed by atoms with E-state index in [0.717, 1.165) is 5.75 Å². The van der Waals surface area contributed by atoms with Gasteiger partial charge >= 0.3 is 0 Å². The molecule has 1 heterocycles. The van der Waals surface area contributed by atoms with E-state index in [2.05, 4.69) is 39.9 Å². The lowest BCUT2D eigenvalue weighted by molar-refractivity contribution is -0.120. The van der Waals surface area contributed by atoms with Crippen molar-refractivity contribution in [2.75, 3.05) is 26.4 Å². The van der Waals surface area contributed by atoms with Gasteiger partial charge < -0.3 is 10.2 Å². The molecule has 0 radical (unpaired) electrons. The molecule has 118 valence electrons. The average molecular weight is 335 g/mol. The van der Waals surface area contributed by atoms with Crippen LogP contribution in [0.2, 0.25) is 0 Å². The monoisotopic (exact) mass is 334 g/mol. The van der Waals surface area contributed by atoms with E-state index >= 15 is 0 Å². The molecule has 1 atom stereocenters. The number of carbonyl (C=O) groups is 1. The second-order valence-electron chi connectivity index (χ2n) is 5.21. The topological polar surface area (TPSA) is 32.3 Å². The lowest BCUT2D eigenvalue weighted by Crippen LogP contribution is -2.34. The molecule has 2 aromatic rings. The Kier molecular flexibility index (Phi) is 6.96. The third-order valence-corrected chi connectivity index (χ3v) is 5.32. The van der Waals surface area contributed by atoms with Crippen LogP contribution in [0.15, 0.2) is 52.7 Å². The van der Waals surface area contributed by atoms with E-state index < -0.39 is 0 Å². The largest absolute Gasteiger partial charge is 0.354 e. The molecule has 1 amide bonds. The zero-order valence-corrected chi connectivity index (χ0v) is 14.6. The minimum Gasteiger partial charge on any atom is -0.354 e. The van der Waals surface area contributed by atoms with E-state index in [1.54, 1.807) is 23.1 Å². The molecular formula is C17H22N2OS2. The maximum atomic E-state index is 12.0. The molecule has 2 rings (SSSR count). The number of rotatable bonds is 8. The minimum absolute atomic E-state index is 0.117. The Labute approximate surface area is 140 Å². The first-order valence-corrected chi connectivity index (χ1v) is 9.17. The van der Waals surface area contributed by atoms with Gasteiger partial charge in [0, 0.05) is 28.5 Å². The molecule has 0 saturated carbocycles. The van der Waals surface area contributed by atoms with Gasteiger partial charge in [-0.25, -0.2) is 0 Å². The molecule has 0 spiro atoms. The van der Waals surface area contributed by atoms with Crippen LogP contribution in [0, 0.1) is 0 Å². The van der Waals surface area contributed by atoms with Gasteiger partial charge in [-0.05, 0) is 37.7 Å². The van der Waals surface area contributed by atoms with Gasteiger partial charge in [0.1, 0.15) is 0 Å². The summed E-state index contributed by atoms with van der Waals surface area (Å²) in [6.07, 6.45) is 0.546. The molecule has 3 nitrogen and oxygen atoms in total. The summed E-state index contributed by atoms with van der Waals surface area (Å²) >= 11 is 3.45. The summed E-state index contributed by atoms with van der Waals surface area (Å²) < 4.78 is 0. The van der Waals surface area contributed by atoms with Crippen LogP contribution in [-0.2, 0) is 4.79 Å². The van der Waals surface area contributed by atoms with E-state index in [1.807, 2.05) is 32.3 Å². The first kappa shape index (κ1) is 17.1. The molecule has 0 aliphatic rings. The van der Waals surface area contributed by atoms with Crippen LogP contribution in [0.4, 0.5) is 0 Å². The van der Waals surface area contributed by atoms with Crippen molar-refractivity contribution >= 4 is 29.0 Å². The Morgan fingerprint density at radius 3 is 2.64 bits per heavy atom. The standard InChI is InChI=1S/C17H22N2OS2/c1-19(2)15(16-9-6-11-22-16)13-18-17(20)10-12-21-14-7-4-3-5-8-14/h3-9,11,15H,10,12-13H2,1-2H3,(H,18,20). The van der Waals surface area contributed by atoms with Gasteiger partial charge in [0.15, 0.2) is 0 Å². The van der Waals surface area contributed by atoms with Gasteiger partial charge in [-0.3, -0.25) is 4.79 Å². The third-order valence-electron chi connectivity index (χ3n) is 3.33. The zero-order valence-electron chi connectivity index (χ0n) is 13.0. The van der Waals surface area contributed by atoms with E-state index in [4.69, 9.17) is 0 Å². The number of amides is 1. The summed E-state index contributed by atoms with van der Waals surface area (Å²) in [4.78, 5) is 16.6. The van der Waals surface area contributed by atoms with E-state index in [0.29, 0.717) is 13.0 Å². The number of thioether (sulfide) groups is 1. The van der Waals surface area contributed by atoms with Crippen LogP contribution in [-0.4, -0.2) is 37.2 Å². The van der Waals surface area contributed by atoms with Crippen molar-refractivity contribution in [3.8, 4) is 0 Å². The zero-order chi connectivity index (χ0) is 15.8. The normalized spacial score (nSPS) is 12.3. The number of likely N-dealkylation sites (N-methyl/N-ethyl adjacent to an activating group) is 1. The fraction of sp³-hybridized carbons (Fsp3) is 0.353. The Morgan fingerprint density at radius 2 is 2.00 bits per heavy atom. The molecule has 1 N–H and O–H groups in total. The maximum absolute atomic E-state index is 12.0. The van der Waals surface area contributed by atoms with Crippen LogP contribution in [0.3, 0.4) is 0 Å². The van der Waals surface area contributed by atoms with Crippen molar-refractivity contribution in [3.63, 3.8) is 0 Å². The number of nitrogens with zero attached hydrogens (tertiary/aromatic N) is 1. The highest BCUT2D eigenvalue weighted by Crippen LogP contribution is 2.22. The maximum Gasteiger partial charge on any atom is 0.220 e. The molecule has 1 unspecified atom stereocenters. The predicted molar refractivity (Wildman–Crippen MR) is 95.5 cm³/mol. The molecule has 5 heteroatoms. The van der Waals surface area contributed by atoms with Gasteiger partial charge in [0.2, 0.25) is 5.91 Å². The van der Waals surface area contributed by atoms with Crippen molar-refractivity contribution in [1.29, 1.82) is 0 Å². The number of carbonyl (C=O) groups excluding carboxylic acids is 1. The highest BCUT2D eigenvalue weighted by Gasteiger charge is 2.15. The van der Waals surface area contributed by atoms with E-state index in [-0.39, 0.29) is 11.9 Å². The summed E-state index contributed by atoms with van der Waals surface area (Å²) in [5, 5.41) is 5.12. The molecule has 1 aromatic carbocycles. The molecule has 0 saturated heterocycles. The Bertz CT molecular complexity index is 555. The van der Waals surface area contributed by atoms with E-state index in [9.17, 15) is 4.79 Å². The number of thiophene rings is 1. The lowest BCUT2D eigenvalue weighted by atomic mass is 10.2. The predicted octanol–water partition coefficient (Wildman–Crippen LogP) is 3.65. The third kappa shape index (κ3) is 5.48. The molecule has 0 fully saturated rings. The molecule has 0 aliphatic carbocycles. The first-order valence-electron chi connectivity index (χ1n) is 7.31. The fourth-order valence-corrected chi connectivity index (χ4v) is 3.89. The van der Waals surface area contributed by atoms with Crippen molar-refractivity contribution in [2.24, 2.45) is 0 Å². The quantitative estimate of drug-likeness (QED) is 0.748. The van der Waals surface area contributed by atoms with Crippen LogP contribution < -0.4 is 5.32 Å². The average Bonchev–Trinajstić information content (AvgIpc) is 3.02. The van der Waals surface area contributed by atoms with Crippen molar-refractivity contribution in [2.45, 2.75) is 17.4 Å². The van der Waals surface area contributed by atoms with Gasteiger partial charge in [0.05, 0.1) is 6.04 Å². The lowest BCUT2D eigenvalue weighted by Gasteiger charge is -2.23. The van der Waals surface area contributed by atoms with Gasteiger partial charge in [-0.1, -0.05) is 24.3 Å². The summed E-state index contributed by atoms with van der Waals surface area (Å²) in [5.41, 5.74) is 0. The van der Waals surface area contributed by atoms with Crippen molar-refractivity contribution in [1.82, 2.24) is 10.2 Å². The second kappa shape index (κ2) is 8.98. The highest BCUT2D eigenvalue weighted by molar-refractivity contribution is 7.99. The van der Waals surface area contributed by atoms with Gasteiger partial charge in [-0.15, -0.1) is 23.1 Å². The van der Waals surface area contributed by atoms with E-state index in [1.165, 1.54) is 9.77 Å². The summed E-state index contributed by atoms with van der Waals surface area (Å²) in [5.74, 6) is 0.924. The number of nitrogens with one attached hydrogen (secondary N) is 1. The Balaban J connectivity index is 1.72. The van der Waals surface area contributed by atoms with Crippen molar-refractivity contribution < 1.29 is 4.79 Å². The summed E-state index contributed by atoms with van der Waals surface area (Å²) in [7, 11) is 4.09. The smallest absolute Gasteiger partial charge is 0.220 e. The molecule has 22 heavy (non-hydrogen) atoms. The summed E-state index contributed by atoms with van der Waals surface area (Å²) in [6.45, 7) is 0.655. The first-order chi connectivity index (χ1) is 10.7. The van der Waals surface area contributed by atoms with Crippen LogP contribution in [0.25, 0.3) is 0 Å². The van der Waals surface area contributed by atoms with Crippen LogP contribution in [0.1, 0.15) is 17.3 Å². The SMILES string of the molecule is CN(C)C(CNC(=O)CCSc1ccccc1)c1cccs1. The van der Waals surface area contributed by atoms with Crippen LogP contribution >= 0.6 is 23.1 Å². The molecule has 1 aromatic heterocycles. The Hall–Kier alpha value is -1.30. The number of hydrogen-bond donors (Lipinski definition) is 1. The molecule has 0 aliphatic heterocycles. The van der Waals surface area contributed by atoms with Crippen LogP contribution in [0.5, 0.6) is 0 Å². The number of hydrogen-bond acceptors (Lipinski definition) is 4. The fourth-order valence-electron chi connectivity index (χ4n) is 2.10. The minimum atomic E-state index is 0.117. The number of benzene rings is 1. The second-order valence-corrected chi connectivity index (χ2v) is 7.36. The van der Waals surface area contributed by atoms with Gasteiger partial charge in [0.25, 0.3) is 0 Å². The Morgan fingerprint density at radius 1 is 1.23 bits per heavy atom. The highest BCUT2D eigenvalue weighted by atomic mass is 32.2. The van der Waals surface area contributed by atoms with Crippen molar-refractivity contribution in [3.05, 3.63) is 52.7 Å². The summed E-state index contributed by atoms with van der Waals surface area (Å²) in [6, 6.07) is 14.6. The molecule has 0 bridgehead atoms. The van der Waals surface area contributed by atoms with Gasteiger partial charge in [-0.2, -0.15) is 0 Å². The molecular weight excluding hydrogens is 312 g/mol.